The van der Waals surface area contributed by atoms with Crippen LogP contribution in [0.15, 0.2) is 42.5 Å². The van der Waals surface area contributed by atoms with Crippen LogP contribution in [0.5, 0.6) is 17.2 Å². The molecule has 0 aliphatic carbocycles. The third kappa shape index (κ3) is 3.98. The summed E-state index contributed by atoms with van der Waals surface area (Å²) in [7, 11) is 3.31. The molecule has 28 heavy (non-hydrogen) atoms. The molecule has 146 valence electrons. The molecule has 0 unspecified atom stereocenters. The van der Waals surface area contributed by atoms with Crippen molar-refractivity contribution >= 4 is 12.0 Å². The van der Waals surface area contributed by atoms with Crippen LogP contribution in [0.1, 0.15) is 16.7 Å². The maximum absolute atomic E-state index is 12.4. The first kappa shape index (κ1) is 18.4. The van der Waals surface area contributed by atoms with Gasteiger partial charge in [0, 0.05) is 31.7 Å². The van der Waals surface area contributed by atoms with Crippen molar-refractivity contribution in [3.8, 4) is 17.2 Å². The van der Waals surface area contributed by atoms with Crippen LogP contribution in [0.25, 0.3) is 6.08 Å². The van der Waals surface area contributed by atoms with Crippen LogP contribution >= 0.6 is 0 Å². The number of fused-ring (bicyclic) bond motifs is 1. The molecule has 0 aromatic heterocycles. The summed E-state index contributed by atoms with van der Waals surface area (Å²) >= 11 is 0. The largest absolute Gasteiger partial charge is 0.497 e. The molecule has 0 bridgehead atoms. The van der Waals surface area contributed by atoms with Gasteiger partial charge in [-0.2, -0.15) is 0 Å². The Bertz CT molecular complexity index is 877. The summed E-state index contributed by atoms with van der Waals surface area (Å²) in [5.41, 5.74) is 3.43. The highest BCUT2D eigenvalue weighted by Crippen LogP contribution is 2.28. The van der Waals surface area contributed by atoms with Crippen LogP contribution in [0.2, 0.25) is 0 Å². The van der Waals surface area contributed by atoms with E-state index in [9.17, 15) is 4.79 Å². The second-order valence-corrected chi connectivity index (χ2v) is 7.33. The number of hydrogen-bond donors (Lipinski definition) is 0. The Morgan fingerprint density at radius 3 is 2.61 bits per heavy atom. The van der Waals surface area contributed by atoms with Crippen molar-refractivity contribution in [1.29, 1.82) is 0 Å². The number of hydrogen-bond acceptors (Lipinski definition) is 4. The van der Waals surface area contributed by atoms with E-state index in [2.05, 4.69) is 6.07 Å². The van der Waals surface area contributed by atoms with Crippen molar-refractivity contribution in [3.63, 3.8) is 0 Å². The summed E-state index contributed by atoms with van der Waals surface area (Å²) < 4.78 is 16.2. The van der Waals surface area contributed by atoms with E-state index in [0.29, 0.717) is 5.92 Å². The molecule has 5 heteroatoms. The molecule has 0 N–H and O–H groups in total. The van der Waals surface area contributed by atoms with Gasteiger partial charge in [0.1, 0.15) is 17.2 Å². The summed E-state index contributed by atoms with van der Waals surface area (Å²) in [6, 6.07) is 12.0. The standard InChI is InChI=1S/C23H25NO4/c1-26-20-11-17(12-21(13-20)27-2)9-18-14-24(15-18)23(25)6-4-16-3-5-22-19(10-16)7-8-28-22/h3-6,10-13,18H,7-9,14-15H2,1-2H3. The SMILES string of the molecule is COc1cc(CC2CN(C(=O)C=Cc3ccc4c(c3)CCO4)C2)cc(OC)c1. The molecule has 1 fully saturated rings. The van der Waals surface area contributed by atoms with Crippen molar-refractivity contribution in [2.45, 2.75) is 12.8 Å². The van der Waals surface area contributed by atoms with E-state index in [1.165, 1.54) is 11.1 Å². The minimum absolute atomic E-state index is 0.0659. The number of rotatable bonds is 6. The number of benzene rings is 2. The molecule has 2 aliphatic heterocycles. The smallest absolute Gasteiger partial charge is 0.246 e. The van der Waals surface area contributed by atoms with Gasteiger partial charge in [-0.25, -0.2) is 0 Å². The van der Waals surface area contributed by atoms with Crippen molar-refractivity contribution in [3.05, 3.63) is 59.2 Å². The Labute approximate surface area is 165 Å². The number of nitrogens with zero attached hydrogens (tertiary/aromatic N) is 1. The van der Waals surface area contributed by atoms with Gasteiger partial charge in [-0.3, -0.25) is 4.79 Å². The first-order valence-electron chi connectivity index (χ1n) is 9.59. The van der Waals surface area contributed by atoms with Crippen LogP contribution in [0, 0.1) is 5.92 Å². The fraction of sp³-hybridized carbons (Fsp3) is 0.348. The zero-order valence-corrected chi connectivity index (χ0v) is 16.3. The fourth-order valence-electron chi connectivity index (χ4n) is 3.78. The molecule has 0 radical (unpaired) electrons. The Balaban J connectivity index is 1.31. The lowest BCUT2D eigenvalue weighted by Crippen LogP contribution is -2.50. The minimum Gasteiger partial charge on any atom is -0.497 e. The van der Waals surface area contributed by atoms with Gasteiger partial charge in [0.2, 0.25) is 5.91 Å². The molecule has 2 aromatic carbocycles. The zero-order chi connectivity index (χ0) is 19.5. The van der Waals surface area contributed by atoms with E-state index < -0.39 is 0 Å². The van der Waals surface area contributed by atoms with E-state index in [-0.39, 0.29) is 5.91 Å². The molecule has 5 nitrogen and oxygen atoms in total. The maximum Gasteiger partial charge on any atom is 0.246 e. The molecule has 0 spiro atoms. The molecular weight excluding hydrogens is 354 g/mol. The van der Waals surface area contributed by atoms with E-state index in [1.54, 1.807) is 20.3 Å². The van der Waals surface area contributed by atoms with Crippen LogP contribution in [0.3, 0.4) is 0 Å². The van der Waals surface area contributed by atoms with Crippen LogP contribution in [-0.2, 0) is 17.6 Å². The number of carbonyl (C=O) groups is 1. The average molecular weight is 379 g/mol. The quantitative estimate of drug-likeness (QED) is 0.722. The highest BCUT2D eigenvalue weighted by atomic mass is 16.5. The van der Waals surface area contributed by atoms with Gasteiger partial charge in [-0.15, -0.1) is 0 Å². The van der Waals surface area contributed by atoms with E-state index in [4.69, 9.17) is 14.2 Å². The van der Waals surface area contributed by atoms with E-state index in [0.717, 1.165) is 55.4 Å². The molecule has 2 heterocycles. The number of likely N-dealkylation sites (tertiary alicyclic amines) is 1. The topological polar surface area (TPSA) is 48.0 Å². The zero-order valence-electron chi connectivity index (χ0n) is 16.3. The highest BCUT2D eigenvalue weighted by molar-refractivity contribution is 5.92. The Hall–Kier alpha value is -2.95. The normalized spacial score (nSPS) is 15.9. The lowest BCUT2D eigenvalue weighted by atomic mass is 9.92. The molecule has 1 amide bonds. The molecule has 1 saturated heterocycles. The van der Waals surface area contributed by atoms with Gasteiger partial charge in [0.15, 0.2) is 0 Å². The number of amides is 1. The van der Waals surface area contributed by atoms with Crippen molar-refractivity contribution < 1.29 is 19.0 Å². The number of carbonyl (C=O) groups excluding carboxylic acids is 1. The Morgan fingerprint density at radius 2 is 1.89 bits per heavy atom. The summed E-state index contributed by atoms with van der Waals surface area (Å²) in [4.78, 5) is 14.3. The fourth-order valence-corrected chi connectivity index (χ4v) is 3.78. The lowest BCUT2D eigenvalue weighted by Gasteiger charge is -2.39. The third-order valence-electron chi connectivity index (χ3n) is 5.34. The molecule has 2 aliphatic rings. The minimum atomic E-state index is 0.0659. The molecule has 4 rings (SSSR count). The molecule has 2 aromatic rings. The van der Waals surface area contributed by atoms with Crippen molar-refractivity contribution in [1.82, 2.24) is 4.90 Å². The van der Waals surface area contributed by atoms with Crippen LogP contribution < -0.4 is 14.2 Å². The first-order chi connectivity index (χ1) is 13.6. The van der Waals surface area contributed by atoms with Gasteiger partial charge in [-0.05, 0) is 59.4 Å². The van der Waals surface area contributed by atoms with Gasteiger partial charge < -0.3 is 19.1 Å². The Morgan fingerprint density at radius 1 is 1.14 bits per heavy atom. The second kappa shape index (κ2) is 7.97. The third-order valence-corrected chi connectivity index (χ3v) is 5.34. The van der Waals surface area contributed by atoms with Gasteiger partial charge in [0.05, 0.1) is 20.8 Å². The van der Waals surface area contributed by atoms with Crippen molar-refractivity contribution in [2.24, 2.45) is 5.92 Å². The lowest BCUT2D eigenvalue weighted by molar-refractivity contribution is -0.131. The van der Waals surface area contributed by atoms with Crippen LogP contribution in [-0.4, -0.2) is 44.7 Å². The average Bonchev–Trinajstić information content (AvgIpc) is 3.16. The summed E-state index contributed by atoms with van der Waals surface area (Å²) in [6.07, 6.45) is 5.41. The maximum atomic E-state index is 12.4. The van der Waals surface area contributed by atoms with Gasteiger partial charge in [-0.1, -0.05) is 6.07 Å². The van der Waals surface area contributed by atoms with Gasteiger partial charge in [0.25, 0.3) is 0 Å². The predicted molar refractivity (Wildman–Crippen MR) is 108 cm³/mol. The summed E-state index contributed by atoms with van der Waals surface area (Å²) in [5.74, 6) is 3.08. The number of methoxy groups -OCH3 is 2. The summed E-state index contributed by atoms with van der Waals surface area (Å²) in [6.45, 7) is 2.30. The predicted octanol–water partition coefficient (Wildman–Crippen LogP) is 3.35. The molecule has 0 atom stereocenters. The van der Waals surface area contributed by atoms with Gasteiger partial charge >= 0.3 is 0 Å². The highest BCUT2D eigenvalue weighted by Gasteiger charge is 2.29. The van der Waals surface area contributed by atoms with E-state index >= 15 is 0 Å². The molecule has 0 saturated carbocycles. The number of ether oxygens (including phenoxy) is 3. The Kier molecular flexibility index (Phi) is 5.24. The monoisotopic (exact) mass is 379 g/mol. The van der Waals surface area contributed by atoms with Crippen LogP contribution in [0.4, 0.5) is 0 Å². The second-order valence-electron chi connectivity index (χ2n) is 7.33. The van der Waals surface area contributed by atoms with Crippen molar-refractivity contribution in [2.75, 3.05) is 33.9 Å². The molecular formula is C23H25NO4. The van der Waals surface area contributed by atoms with E-state index in [1.807, 2.05) is 41.3 Å². The first-order valence-corrected chi connectivity index (χ1v) is 9.59. The summed E-state index contributed by atoms with van der Waals surface area (Å²) in [5, 5.41) is 0.